The van der Waals surface area contributed by atoms with E-state index in [-0.39, 0.29) is 23.0 Å². The van der Waals surface area contributed by atoms with Crippen LogP contribution in [-0.2, 0) is 11.3 Å². The maximum absolute atomic E-state index is 14.0. The maximum Gasteiger partial charge on any atom is 0.278 e. The van der Waals surface area contributed by atoms with Crippen molar-refractivity contribution in [1.29, 1.82) is 5.26 Å². The average Bonchev–Trinajstić information content (AvgIpc) is 2.67. The molecule has 30 heavy (non-hydrogen) atoms. The molecule has 4 saturated carbocycles. The number of hydrogen-bond donors (Lipinski definition) is 1. The SMILES string of the molecule is COc1ccc(C[NH+](C)CC(=O)N(CCC#N)C23CC4CC(CC(C4)C2)C3)cc1F. The molecule has 4 bridgehead atoms. The number of likely N-dealkylation sites (N-methyl/N-ethyl adjacent to an activating group) is 1. The Morgan fingerprint density at radius 1 is 1.27 bits per heavy atom. The Balaban J connectivity index is 1.45. The number of hydrogen-bond acceptors (Lipinski definition) is 3. The molecule has 0 spiro atoms. The molecule has 0 heterocycles. The molecule has 4 fully saturated rings. The molecular weight excluding hydrogens is 381 g/mol. The summed E-state index contributed by atoms with van der Waals surface area (Å²) in [4.78, 5) is 16.5. The quantitative estimate of drug-likeness (QED) is 0.711. The van der Waals surface area contributed by atoms with Gasteiger partial charge in [-0.2, -0.15) is 5.26 Å². The van der Waals surface area contributed by atoms with Crippen LogP contribution in [0.2, 0.25) is 0 Å². The van der Waals surface area contributed by atoms with Gasteiger partial charge in [0, 0.05) is 17.6 Å². The Morgan fingerprint density at radius 3 is 2.43 bits per heavy atom. The average molecular weight is 415 g/mol. The van der Waals surface area contributed by atoms with Crippen LogP contribution in [0.25, 0.3) is 0 Å². The molecule has 0 aliphatic heterocycles. The Kier molecular flexibility index (Phi) is 6.02. The smallest absolute Gasteiger partial charge is 0.278 e. The van der Waals surface area contributed by atoms with Crippen LogP contribution in [0.5, 0.6) is 5.75 Å². The highest BCUT2D eigenvalue weighted by Gasteiger charge is 2.54. The van der Waals surface area contributed by atoms with Gasteiger partial charge in [-0.1, -0.05) is 0 Å². The van der Waals surface area contributed by atoms with Gasteiger partial charge in [0.05, 0.1) is 26.6 Å². The fourth-order valence-corrected chi connectivity index (χ4v) is 6.77. The lowest BCUT2D eigenvalue weighted by molar-refractivity contribution is -0.885. The number of amides is 1. The maximum atomic E-state index is 14.0. The molecule has 6 heteroatoms. The summed E-state index contributed by atoms with van der Waals surface area (Å²) in [7, 11) is 3.43. The van der Waals surface area contributed by atoms with Crippen LogP contribution in [0, 0.1) is 34.9 Å². The van der Waals surface area contributed by atoms with Gasteiger partial charge in [-0.25, -0.2) is 4.39 Å². The predicted octanol–water partition coefficient (Wildman–Crippen LogP) is 2.56. The summed E-state index contributed by atoms with van der Waals surface area (Å²) in [6.07, 6.45) is 7.70. The molecule has 1 amide bonds. The van der Waals surface area contributed by atoms with Gasteiger partial charge in [-0.05, 0) is 74.5 Å². The first-order valence-corrected chi connectivity index (χ1v) is 11.2. The lowest BCUT2D eigenvalue weighted by atomic mass is 9.52. The number of methoxy groups -OCH3 is 1. The molecule has 1 atom stereocenters. The second-order valence-corrected chi connectivity index (χ2v) is 9.87. The molecule has 1 aromatic carbocycles. The van der Waals surface area contributed by atoms with Crippen LogP contribution < -0.4 is 9.64 Å². The summed E-state index contributed by atoms with van der Waals surface area (Å²) in [5.74, 6) is 2.25. The number of ether oxygens (including phenoxy) is 1. The molecule has 4 aliphatic rings. The van der Waals surface area contributed by atoms with Gasteiger partial charge < -0.3 is 14.5 Å². The summed E-state index contributed by atoms with van der Waals surface area (Å²) < 4.78 is 19.0. The lowest BCUT2D eigenvalue weighted by Crippen LogP contribution is -3.09. The van der Waals surface area contributed by atoms with E-state index in [1.54, 1.807) is 6.07 Å². The number of nitriles is 1. The van der Waals surface area contributed by atoms with Crippen LogP contribution in [-0.4, -0.2) is 43.6 Å². The van der Waals surface area contributed by atoms with Crippen molar-refractivity contribution in [3.63, 3.8) is 0 Å². The zero-order valence-electron chi connectivity index (χ0n) is 18.1. The van der Waals surface area contributed by atoms with E-state index in [4.69, 9.17) is 4.74 Å². The van der Waals surface area contributed by atoms with Gasteiger partial charge >= 0.3 is 0 Å². The van der Waals surface area contributed by atoms with Crippen molar-refractivity contribution in [2.75, 3.05) is 27.2 Å². The Bertz CT molecular complexity index is 799. The summed E-state index contributed by atoms with van der Waals surface area (Å²) in [5, 5.41) is 9.19. The third kappa shape index (κ3) is 4.18. The molecule has 0 radical (unpaired) electrons. The molecule has 162 valence electrons. The molecule has 0 saturated heterocycles. The fourth-order valence-electron chi connectivity index (χ4n) is 6.77. The van der Waals surface area contributed by atoms with E-state index in [0.29, 0.717) is 26.1 Å². The second kappa shape index (κ2) is 8.55. The molecule has 1 unspecified atom stereocenters. The van der Waals surface area contributed by atoms with Crippen molar-refractivity contribution < 1.29 is 18.8 Å². The molecule has 4 aliphatic carbocycles. The van der Waals surface area contributed by atoms with Crippen LogP contribution in [0.1, 0.15) is 50.5 Å². The number of halogens is 1. The molecular formula is C24H33FN3O2+. The third-order valence-electron chi connectivity index (χ3n) is 7.50. The Morgan fingerprint density at radius 2 is 1.90 bits per heavy atom. The minimum absolute atomic E-state index is 0.0326. The highest BCUT2D eigenvalue weighted by Crippen LogP contribution is 2.57. The second-order valence-electron chi connectivity index (χ2n) is 9.87. The van der Waals surface area contributed by atoms with Gasteiger partial charge in [0.25, 0.3) is 5.91 Å². The number of carbonyl (C=O) groups is 1. The van der Waals surface area contributed by atoms with Gasteiger partial charge in [0.15, 0.2) is 18.1 Å². The van der Waals surface area contributed by atoms with Gasteiger partial charge in [0.2, 0.25) is 0 Å². The number of nitrogens with one attached hydrogen (secondary N) is 1. The van der Waals surface area contributed by atoms with E-state index in [0.717, 1.165) is 47.5 Å². The Hall–Kier alpha value is -2.13. The lowest BCUT2D eigenvalue weighted by Gasteiger charge is -2.60. The van der Waals surface area contributed by atoms with E-state index in [1.807, 2.05) is 13.1 Å². The van der Waals surface area contributed by atoms with Crippen LogP contribution in [0.4, 0.5) is 4.39 Å². The van der Waals surface area contributed by atoms with Gasteiger partial charge in [0.1, 0.15) is 6.54 Å². The minimum Gasteiger partial charge on any atom is -0.494 e. The minimum atomic E-state index is -0.377. The first-order chi connectivity index (χ1) is 14.4. The van der Waals surface area contributed by atoms with Crippen molar-refractivity contribution in [3.8, 4) is 11.8 Å². The van der Waals surface area contributed by atoms with Gasteiger partial charge in [-0.15, -0.1) is 0 Å². The number of rotatable bonds is 8. The highest BCUT2D eigenvalue weighted by molar-refractivity contribution is 5.78. The normalized spacial score (nSPS) is 30.0. The van der Waals surface area contributed by atoms with Crippen LogP contribution in [0.3, 0.4) is 0 Å². The first-order valence-electron chi connectivity index (χ1n) is 11.2. The van der Waals surface area contributed by atoms with Crippen molar-refractivity contribution >= 4 is 5.91 Å². The van der Waals surface area contributed by atoms with Crippen LogP contribution >= 0.6 is 0 Å². The monoisotopic (exact) mass is 414 g/mol. The standard InChI is InChI=1S/C24H32FN3O2/c1-27(15-17-4-5-22(30-2)21(25)11-17)16-23(29)28(7-3-6-26)24-12-18-8-19(13-24)10-20(9-18)14-24/h4-5,11,18-20H,3,7-10,12-16H2,1-2H3/p+1. The van der Waals surface area contributed by atoms with E-state index >= 15 is 0 Å². The summed E-state index contributed by atoms with van der Waals surface area (Å²) >= 11 is 0. The van der Waals surface area contributed by atoms with E-state index < -0.39 is 0 Å². The first kappa shape index (κ1) is 21.1. The third-order valence-corrected chi connectivity index (χ3v) is 7.50. The van der Waals surface area contributed by atoms with E-state index in [1.165, 1.54) is 32.4 Å². The molecule has 5 rings (SSSR count). The van der Waals surface area contributed by atoms with Crippen molar-refractivity contribution in [1.82, 2.24) is 4.90 Å². The zero-order valence-corrected chi connectivity index (χ0v) is 18.1. The molecule has 1 N–H and O–H groups in total. The Labute approximate surface area is 178 Å². The predicted molar refractivity (Wildman–Crippen MR) is 111 cm³/mol. The van der Waals surface area contributed by atoms with E-state index in [2.05, 4.69) is 11.0 Å². The number of nitrogens with zero attached hydrogens (tertiary/aromatic N) is 2. The largest absolute Gasteiger partial charge is 0.494 e. The number of benzene rings is 1. The topological polar surface area (TPSA) is 57.8 Å². The summed E-state index contributed by atoms with van der Waals surface area (Å²) in [5.41, 5.74) is 0.812. The van der Waals surface area contributed by atoms with Crippen molar-refractivity contribution in [3.05, 3.63) is 29.6 Å². The van der Waals surface area contributed by atoms with Gasteiger partial charge in [-0.3, -0.25) is 4.79 Å². The summed E-state index contributed by atoms with van der Waals surface area (Å²) in [6, 6.07) is 7.21. The molecule has 0 aromatic heterocycles. The van der Waals surface area contributed by atoms with Crippen LogP contribution in [0.15, 0.2) is 18.2 Å². The fraction of sp³-hybridized carbons (Fsp3) is 0.667. The zero-order chi connectivity index (χ0) is 21.3. The summed E-state index contributed by atoms with van der Waals surface area (Å²) in [6.45, 7) is 1.46. The molecule has 1 aromatic rings. The molecule has 5 nitrogen and oxygen atoms in total. The van der Waals surface area contributed by atoms with Crippen molar-refractivity contribution in [2.24, 2.45) is 17.8 Å². The highest BCUT2D eigenvalue weighted by atomic mass is 19.1. The number of quaternary nitrogens is 1. The van der Waals surface area contributed by atoms with Crippen molar-refractivity contribution in [2.45, 2.75) is 57.0 Å². The van der Waals surface area contributed by atoms with E-state index in [9.17, 15) is 14.4 Å². The number of carbonyl (C=O) groups excluding carboxylic acids is 1.